The molecular weight excluding hydrogens is 232 g/mol. The lowest BCUT2D eigenvalue weighted by molar-refractivity contribution is 0.144. The van der Waals surface area contributed by atoms with Crippen molar-refractivity contribution in [1.82, 2.24) is 0 Å². The highest BCUT2D eigenvalue weighted by Crippen LogP contribution is 2.43. The van der Waals surface area contributed by atoms with Gasteiger partial charge in [0, 0.05) is 0 Å². The molecule has 2 aromatic carbocycles. The third kappa shape index (κ3) is 1.71. The number of carbonyl (C=O) groups is 1. The van der Waals surface area contributed by atoms with Crippen molar-refractivity contribution < 1.29 is 14.6 Å². The Kier molecular flexibility index (Phi) is 2.30. The zero-order valence-corrected chi connectivity index (χ0v) is 9.31. The summed E-state index contributed by atoms with van der Waals surface area (Å²) < 4.78 is 4.74. The van der Waals surface area contributed by atoms with Gasteiger partial charge in [0.1, 0.15) is 5.69 Å². The fourth-order valence-electron chi connectivity index (χ4n) is 1.92. The lowest BCUT2D eigenvalue weighted by Gasteiger charge is -2.24. The van der Waals surface area contributed by atoms with E-state index < -0.39 is 6.16 Å². The highest BCUT2D eigenvalue weighted by atomic mass is 16.7. The Hall–Kier alpha value is -2.69. The summed E-state index contributed by atoms with van der Waals surface area (Å²) in [4.78, 5) is 10.6. The molecule has 0 amide bonds. The lowest BCUT2D eigenvalue weighted by Crippen LogP contribution is -2.10. The van der Waals surface area contributed by atoms with Crippen molar-refractivity contribution in [3.8, 4) is 5.75 Å². The third-order valence-electron chi connectivity index (χ3n) is 2.68. The smallest absolute Gasteiger partial charge is 0.449 e. The predicted molar refractivity (Wildman–Crippen MR) is 68.1 cm³/mol. The van der Waals surface area contributed by atoms with Crippen molar-refractivity contribution in [2.75, 3.05) is 10.6 Å². The number of ether oxygens (including phenoxy) is 1. The molecule has 0 aliphatic carbocycles. The van der Waals surface area contributed by atoms with Crippen LogP contribution >= 0.6 is 0 Å². The van der Waals surface area contributed by atoms with Gasteiger partial charge in [-0.05, 0) is 24.3 Å². The molecule has 5 heteroatoms. The molecular formula is C13H10N2O3. The second-order valence-corrected chi connectivity index (χ2v) is 3.84. The summed E-state index contributed by atoms with van der Waals surface area (Å²) in [5.41, 5.74) is 3.23. The summed E-state index contributed by atoms with van der Waals surface area (Å²) in [6, 6.07) is 12.9. The molecule has 0 saturated carbocycles. The van der Waals surface area contributed by atoms with Gasteiger partial charge >= 0.3 is 6.16 Å². The second-order valence-electron chi connectivity index (χ2n) is 3.84. The molecule has 90 valence electrons. The first-order valence-electron chi connectivity index (χ1n) is 5.41. The van der Waals surface area contributed by atoms with Crippen LogP contribution in [-0.2, 0) is 0 Å². The van der Waals surface area contributed by atoms with Crippen LogP contribution in [0.15, 0.2) is 42.5 Å². The number of carboxylic acid groups (broad SMARTS) is 1. The number of hydrogen-bond donors (Lipinski definition) is 3. The van der Waals surface area contributed by atoms with Gasteiger partial charge in [0.05, 0.1) is 17.1 Å². The molecule has 0 fully saturated rings. The molecule has 1 aliphatic heterocycles. The molecule has 3 rings (SSSR count). The Balaban J connectivity index is 2.04. The third-order valence-corrected chi connectivity index (χ3v) is 2.68. The van der Waals surface area contributed by atoms with E-state index in [2.05, 4.69) is 10.6 Å². The first-order valence-corrected chi connectivity index (χ1v) is 5.41. The quantitative estimate of drug-likeness (QED) is 0.449. The normalized spacial score (nSPS) is 11.6. The Morgan fingerprint density at radius 3 is 2.33 bits per heavy atom. The van der Waals surface area contributed by atoms with E-state index in [1.165, 1.54) is 0 Å². The zero-order chi connectivity index (χ0) is 12.5. The molecule has 1 aliphatic rings. The van der Waals surface area contributed by atoms with E-state index in [4.69, 9.17) is 9.84 Å². The Morgan fingerprint density at radius 1 is 0.944 bits per heavy atom. The molecule has 1 heterocycles. The number of fused-ring (bicyclic) bond motifs is 2. The standard InChI is InChI=1S/C13H10N2O3/c16-13(17)18-11-7-3-6-10-12(11)15-9-5-2-1-4-8(9)14-10/h1-7,14-15H,(H,16,17). The first kappa shape index (κ1) is 10.5. The molecule has 0 aromatic heterocycles. The Bertz CT molecular complexity index is 625. The van der Waals surface area contributed by atoms with Gasteiger partial charge in [0.25, 0.3) is 0 Å². The minimum Gasteiger partial charge on any atom is -0.449 e. The monoisotopic (exact) mass is 242 g/mol. The SMILES string of the molecule is O=C(O)Oc1cccc2c1Nc1ccccc1N2. The van der Waals surface area contributed by atoms with E-state index in [1.807, 2.05) is 30.3 Å². The molecule has 0 spiro atoms. The predicted octanol–water partition coefficient (Wildman–Crippen LogP) is 3.54. The minimum atomic E-state index is -1.33. The number of rotatable bonds is 1. The van der Waals surface area contributed by atoms with Crippen LogP contribution in [0.1, 0.15) is 0 Å². The van der Waals surface area contributed by atoms with E-state index in [1.54, 1.807) is 12.1 Å². The van der Waals surface area contributed by atoms with Crippen LogP contribution in [0.4, 0.5) is 27.5 Å². The molecule has 3 N–H and O–H groups in total. The Morgan fingerprint density at radius 2 is 1.61 bits per heavy atom. The van der Waals surface area contributed by atoms with Gasteiger partial charge in [-0.15, -0.1) is 0 Å². The first-order chi connectivity index (χ1) is 8.74. The minimum absolute atomic E-state index is 0.280. The topological polar surface area (TPSA) is 70.6 Å². The van der Waals surface area contributed by atoms with Crippen LogP contribution in [0.5, 0.6) is 5.75 Å². The summed E-state index contributed by atoms with van der Waals surface area (Å²) in [7, 11) is 0. The van der Waals surface area contributed by atoms with Crippen molar-refractivity contribution in [3.05, 3.63) is 42.5 Å². The number of hydrogen-bond acceptors (Lipinski definition) is 4. The molecule has 0 unspecified atom stereocenters. The van der Waals surface area contributed by atoms with Gasteiger partial charge in [0.2, 0.25) is 0 Å². The largest absolute Gasteiger partial charge is 0.511 e. The van der Waals surface area contributed by atoms with Gasteiger partial charge in [-0.1, -0.05) is 18.2 Å². The number of benzene rings is 2. The molecule has 0 radical (unpaired) electrons. The molecule has 18 heavy (non-hydrogen) atoms. The van der Waals surface area contributed by atoms with E-state index in [0.29, 0.717) is 5.69 Å². The van der Waals surface area contributed by atoms with Gasteiger partial charge in [-0.2, -0.15) is 0 Å². The van der Waals surface area contributed by atoms with E-state index in [0.717, 1.165) is 17.1 Å². The summed E-state index contributed by atoms with van der Waals surface area (Å²) in [5, 5.41) is 15.1. The lowest BCUT2D eigenvalue weighted by atomic mass is 10.1. The van der Waals surface area contributed by atoms with Crippen LogP contribution in [0.25, 0.3) is 0 Å². The summed E-state index contributed by atoms with van der Waals surface area (Å²) >= 11 is 0. The maximum absolute atomic E-state index is 10.6. The van der Waals surface area contributed by atoms with Crippen molar-refractivity contribution >= 4 is 28.9 Å². The van der Waals surface area contributed by atoms with E-state index >= 15 is 0 Å². The number of anilines is 4. The van der Waals surface area contributed by atoms with Gasteiger partial charge in [-0.25, -0.2) is 4.79 Å². The maximum atomic E-state index is 10.6. The fraction of sp³-hybridized carbons (Fsp3) is 0. The van der Waals surface area contributed by atoms with E-state index in [-0.39, 0.29) is 5.75 Å². The molecule has 0 atom stereocenters. The summed E-state index contributed by atoms with van der Waals surface area (Å²) in [5.74, 6) is 0.280. The van der Waals surface area contributed by atoms with Crippen LogP contribution in [0, 0.1) is 0 Å². The van der Waals surface area contributed by atoms with Crippen LogP contribution in [-0.4, -0.2) is 11.3 Å². The number of para-hydroxylation sites is 3. The average molecular weight is 242 g/mol. The van der Waals surface area contributed by atoms with Crippen molar-refractivity contribution in [2.24, 2.45) is 0 Å². The van der Waals surface area contributed by atoms with Gasteiger partial charge in [-0.3, -0.25) is 0 Å². The number of nitrogens with one attached hydrogen (secondary N) is 2. The highest BCUT2D eigenvalue weighted by Gasteiger charge is 2.18. The van der Waals surface area contributed by atoms with Gasteiger partial charge in [0.15, 0.2) is 5.75 Å². The Labute approximate surface area is 103 Å². The molecule has 0 saturated heterocycles. The van der Waals surface area contributed by atoms with Crippen LogP contribution in [0.3, 0.4) is 0 Å². The van der Waals surface area contributed by atoms with Crippen LogP contribution in [0.2, 0.25) is 0 Å². The van der Waals surface area contributed by atoms with Crippen LogP contribution < -0.4 is 15.4 Å². The molecule has 5 nitrogen and oxygen atoms in total. The summed E-state index contributed by atoms with van der Waals surface area (Å²) in [6.45, 7) is 0. The fourth-order valence-corrected chi connectivity index (χ4v) is 1.92. The van der Waals surface area contributed by atoms with Crippen molar-refractivity contribution in [1.29, 1.82) is 0 Å². The van der Waals surface area contributed by atoms with Gasteiger partial charge < -0.3 is 20.5 Å². The van der Waals surface area contributed by atoms with Crippen molar-refractivity contribution in [2.45, 2.75) is 0 Å². The van der Waals surface area contributed by atoms with E-state index in [9.17, 15) is 4.79 Å². The summed E-state index contributed by atoms with van der Waals surface area (Å²) in [6.07, 6.45) is -1.33. The van der Waals surface area contributed by atoms with Crippen molar-refractivity contribution in [3.63, 3.8) is 0 Å². The zero-order valence-electron chi connectivity index (χ0n) is 9.31. The highest BCUT2D eigenvalue weighted by molar-refractivity contribution is 5.93. The molecule has 0 bridgehead atoms. The average Bonchev–Trinajstić information content (AvgIpc) is 2.36. The maximum Gasteiger partial charge on any atom is 0.511 e. The molecule has 2 aromatic rings. The second kappa shape index (κ2) is 3.96.